The molecule has 4 heterocycles. The summed E-state index contributed by atoms with van der Waals surface area (Å²) in [6.45, 7) is 5.97. The maximum Gasteiger partial charge on any atom is 0.225 e. The average Bonchev–Trinajstić information content (AvgIpc) is 3.11. The van der Waals surface area contributed by atoms with Crippen LogP contribution in [0.1, 0.15) is 29.8 Å². The summed E-state index contributed by atoms with van der Waals surface area (Å²) in [5.41, 5.74) is 2.97. The molecule has 1 N–H and O–H groups in total. The summed E-state index contributed by atoms with van der Waals surface area (Å²) in [6.07, 6.45) is 5.33. The Morgan fingerprint density at radius 3 is 2.72 bits per heavy atom. The van der Waals surface area contributed by atoms with E-state index in [0.29, 0.717) is 18.9 Å². The van der Waals surface area contributed by atoms with Crippen LogP contribution in [0.15, 0.2) is 42.7 Å². The Labute approximate surface area is 170 Å². The Hall–Kier alpha value is -3.29. The Morgan fingerprint density at radius 1 is 1.21 bits per heavy atom. The summed E-state index contributed by atoms with van der Waals surface area (Å²) in [5.74, 6) is 1.51. The molecule has 1 unspecified atom stereocenters. The van der Waals surface area contributed by atoms with Crippen molar-refractivity contribution in [3.05, 3.63) is 59.7 Å². The van der Waals surface area contributed by atoms with Crippen molar-refractivity contribution in [3.63, 3.8) is 0 Å². The normalized spacial score (nSPS) is 16.6. The highest BCUT2D eigenvalue weighted by Crippen LogP contribution is 2.22. The van der Waals surface area contributed by atoms with Gasteiger partial charge in [-0.1, -0.05) is 6.07 Å². The molecule has 0 spiro atoms. The maximum absolute atomic E-state index is 12.6. The van der Waals surface area contributed by atoms with Gasteiger partial charge in [-0.05, 0) is 56.5 Å². The van der Waals surface area contributed by atoms with Gasteiger partial charge in [0.05, 0.1) is 11.6 Å². The summed E-state index contributed by atoms with van der Waals surface area (Å²) < 4.78 is 1.79. The second-order valence-electron chi connectivity index (χ2n) is 7.45. The number of aromatic nitrogens is 5. The van der Waals surface area contributed by atoms with Gasteiger partial charge >= 0.3 is 0 Å². The summed E-state index contributed by atoms with van der Waals surface area (Å²) in [6, 6.07) is 9.72. The van der Waals surface area contributed by atoms with Gasteiger partial charge in [-0.2, -0.15) is 5.10 Å². The minimum atomic E-state index is -0.0575. The van der Waals surface area contributed by atoms with Gasteiger partial charge in [0.1, 0.15) is 0 Å². The topological polar surface area (TPSA) is 88.8 Å². The van der Waals surface area contributed by atoms with Gasteiger partial charge in [0.15, 0.2) is 11.6 Å². The fourth-order valence-electron chi connectivity index (χ4n) is 3.70. The van der Waals surface area contributed by atoms with Gasteiger partial charge in [0, 0.05) is 37.7 Å². The first-order valence-corrected chi connectivity index (χ1v) is 9.89. The molecule has 4 rings (SSSR count). The molecule has 0 aliphatic carbocycles. The predicted octanol–water partition coefficient (Wildman–Crippen LogP) is 2.21. The largest absolute Gasteiger partial charge is 0.354 e. The van der Waals surface area contributed by atoms with Crippen LogP contribution < -0.4 is 10.2 Å². The molecule has 29 heavy (non-hydrogen) atoms. The molecule has 0 radical (unpaired) electrons. The van der Waals surface area contributed by atoms with Crippen LogP contribution in [0.5, 0.6) is 0 Å². The van der Waals surface area contributed by atoms with Crippen molar-refractivity contribution < 1.29 is 4.79 Å². The van der Waals surface area contributed by atoms with Crippen molar-refractivity contribution in [1.29, 1.82) is 0 Å². The zero-order chi connectivity index (χ0) is 20.2. The van der Waals surface area contributed by atoms with Gasteiger partial charge < -0.3 is 10.2 Å². The first kappa shape index (κ1) is 19.0. The van der Waals surface area contributed by atoms with Crippen molar-refractivity contribution >= 4 is 11.7 Å². The van der Waals surface area contributed by atoms with E-state index in [0.717, 1.165) is 42.2 Å². The number of amides is 1. The van der Waals surface area contributed by atoms with Crippen molar-refractivity contribution in [1.82, 2.24) is 30.3 Å². The minimum absolute atomic E-state index is 0.0575. The lowest BCUT2D eigenvalue weighted by molar-refractivity contribution is -0.125. The van der Waals surface area contributed by atoms with Crippen molar-refractivity contribution in [2.45, 2.75) is 33.2 Å². The van der Waals surface area contributed by atoms with Crippen LogP contribution in [0.4, 0.5) is 5.82 Å². The van der Waals surface area contributed by atoms with E-state index in [-0.39, 0.29) is 11.8 Å². The number of carbonyl (C=O) groups is 1. The quantitative estimate of drug-likeness (QED) is 0.717. The lowest BCUT2D eigenvalue weighted by Gasteiger charge is -2.32. The molecule has 8 nitrogen and oxygen atoms in total. The average molecular weight is 391 g/mol. The number of hydrogen-bond donors (Lipinski definition) is 1. The number of aryl methyl sites for hydroxylation is 2. The molecular formula is C21H25N7O. The van der Waals surface area contributed by atoms with E-state index in [9.17, 15) is 4.79 Å². The maximum atomic E-state index is 12.6. The van der Waals surface area contributed by atoms with E-state index >= 15 is 0 Å². The fraction of sp³-hybridized carbons (Fsp3) is 0.381. The van der Waals surface area contributed by atoms with Crippen LogP contribution in [0, 0.1) is 19.8 Å². The van der Waals surface area contributed by atoms with Gasteiger partial charge in [0.2, 0.25) is 5.91 Å². The number of carbonyl (C=O) groups excluding carboxylic acids is 1. The Kier molecular flexibility index (Phi) is 5.50. The molecule has 150 valence electrons. The lowest BCUT2D eigenvalue weighted by atomic mass is 9.97. The third-order valence-corrected chi connectivity index (χ3v) is 5.17. The molecule has 3 aromatic rings. The molecule has 1 fully saturated rings. The summed E-state index contributed by atoms with van der Waals surface area (Å²) in [4.78, 5) is 18.8. The Morgan fingerprint density at radius 2 is 2.03 bits per heavy atom. The zero-order valence-corrected chi connectivity index (χ0v) is 16.7. The smallest absolute Gasteiger partial charge is 0.225 e. The zero-order valence-electron chi connectivity index (χ0n) is 16.7. The summed E-state index contributed by atoms with van der Waals surface area (Å²) in [5, 5.41) is 16.2. The van der Waals surface area contributed by atoms with E-state index in [2.05, 4.69) is 30.5 Å². The number of hydrogen-bond acceptors (Lipinski definition) is 6. The van der Waals surface area contributed by atoms with Gasteiger partial charge in [-0.3, -0.25) is 9.78 Å². The lowest BCUT2D eigenvalue weighted by Crippen LogP contribution is -2.43. The molecule has 0 saturated carbocycles. The van der Waals surface area contributed by atoms with Crippen molar-refractivity contribution in [3.8, 4) is 5.82 Å². The highest BCUT2D eigenvalue weighted by Gasteiger charge is 2.26. The first-order chi connectivity index (χ1) is 14.1. The highest BCUT2D eigenvalue weighted by atomic mass is 16.1. The fourth-order valence-corrected chi connectivity index (χ4v) is 3.70. The summed E-state index contributed by atoms with van der Waals surface area (Å²) >= 11 is 0. The number of pyridine rings is 1. The number of anilines is 1. The monoisotopic (exact) mass is 391 g/mol. The van der Waals surface area contributed by atoms with Crippen LogP contribution in [-0.4, -0.2) is 44.0 Å². The standard InChI is InChI=1S/C21H25N7O/c1-15-11-16(2)28(26-15)20-8-7-19(24-25-20)27-10-4-6-18(14-27)21(29)23-13-17-5-3-9-22-12-17/h3,5,7-9,11-12,18H,4,6,10,13-14H2,1-2H3,(H,23,29). The highest BCUT2D eigenvalue weighted by molar-refractivity contribution is 5.79. The SMILES string of the molecule is Cc1cc(C)n(-c2ccc(N3CCCC(C(=O)NCc4cccnc4)C3)nn2)n1. The summed E-state index contributed by atoms with van der Waals surface area (Å²) in [7, 11) is 0. The molecule has 1 aliphatic heterocycles. The van der Waals surface area contributed by atoms with Crippen LogP contribution in [0.3, 0.4) is 0 Å². The molecule has 1 saturated heterocycles. The van der Waals surface area contributed by atoms with E-state index in [1.54, 1.807) is 17.1 Å². The predicted molar refractivity (Wildman–Crippen MR) is 110 cm³/mol. The van der Waals surface area contributed by atoms with Crippen LogP contribution >= 0.6 is 0 Å². The van der Waals surface area contributed by atoms with Crippen molar-refractivity contribution in [2.75, 3.05) is 18.0 Å². The number of rotatable bonds is 5. The molecule has 0 aromatic carbocycles. The minimum Gasteiger partial charge on any atom is -0.354 e. The second-order valence-corrected chi connectivity index (χ2v) is 7.45. The molecule has 0 bridgehead atoms. The van der Waals surface area contributed by atoms with E-state index in [1.165, 1.54) is 0 Å². The van der Waals surface area contributed by atoms with Gasteiger partial charge in [0.25, 0.3) is 0 Å². The molecule has 1 aliphatic rings. The number of nitrogens with one attached hydrogen (secondary N) is 1. The molecule has 3 aromatic heterocycles. The first-order valence-electron chi connectivity index (χ1n) is 9.89. The Bertz CT molecular complexity index is 968. The van der Waals surface area contributed by atoms with Gasteiger partial charge in [-0.15, -0.1) is 10.2 Å². The van der Waals surface area contributed by atoms with Gasteiger partial charge in [-0.25, -0.2) is 4.68 Å². The third-order valence-electron chi connectivity index (χ3n) is 5.17. The number of nitrogens with zero attached hydrogens (tertiary/aromatic N) is 6. The molecule has 8 heteroatoms. The van der Waals surface area contributed by atoms with Crippen molar-refractivity contribution in [2.24, 2.45) is 5.92 Å². The van der Waals surface area contributed by atoms with E-state index < -0.39 is 0 Å². The molecule has 1 atom stereocenters. The van der Waals surface area contributed by atoms with E-state index in [4.69, 9.17) is 0 Å². The van der Waals surface area contributed by atoms with Crippen LogP contribution in [-0.2, 0) is 11.3 Å². The van der Waals surface area contributed by atoms with Crippen LogP contribution in [0.25, 0.3) is 5.82 Å². The van der Waals surface area contributed by atoms with Crippen LogP contribution in [0.2, 0.25) is 0 Å². The third kappa shape index (κ3) is 4.42. The van der Waals surface area contributed by atoms with E-state index in [1.807, 2.05) is 44.2 Å². The molecule has 1 amide bonds. The molecular weight excluding hydrogens is 366 g/mol. The number of piperidine rings is 1. The Balaban J connectivity index is 1.39. The second kappa shape index (κ2) is 8.38.